The third-order valence-corrected chi connectivity index (χ3v) is 4.16. The van der Waals surface area contributed by atoms with Gasteiger partial charge in [-0.05, 0) is 31.0 Å². The van der Waals surface area contributed by atoms with Crippen LogP contribution in [0.5, 0.6) is 0 Å². The van der Waals surface area contributed by atoms with Crippen molar-refractivity contribution in [2.75, 3.05) is 0 Å². The molecule has 0 aliphatic heterocycles. The molecule has 0 saturated carbocycles. The molecule has 0 spiro atoms. The van der Waals surface area contributed by atoms with Gasteiger partial charge in [-0.15, -0.1) is 0 Å². The second kappa shape index (κ2) is 7.84. The maximum Gasteiger partial charge on any atom is 0.433 e. The molecule has 0 radical (unpaired) electrons. The number of hydrogen-bond acceptors (Lipinski definition) is 5. The van der Waals surface area contributed by atoms with Crippen LogP contribution < -0.4 is 0 Å². The Morgan fingerprint density at radius 2 is 1.86 bits per heavy atom. The van der Waals surface area contributed by atoms with Gasteiger partial charge in [-0.1, -0.05) is 36.3 Å². The van der Waals surface area contributed by atoms with Gasteiger partial charge in [0.2, 0.25) is 0 Å². The van der Waals surface area contributed by atoms with Gasteiger partial charge in [-0.3, -0.25) is 0 Å². The lowest BCUT2D eigenvalue weighted by Crippen LogP contribution is -2.13. The molecule has 0 fully saturated rings. The fourth-order valence-electron chi connectivity index (χ4n) is 2.58. The van der Waals surface area contributed by atoms with Gasteiger partial charge in [0.05, 0.1) is 11.3 Å². The van der Waals surface area contributed by atoms with E-state index in [-0.39, 0.29) is 17.9 Å². The van der Waals surface area contributed by atoms with Crippen molar-refractivity contribution in [3.8, 4) is 11.3 Å². The van der Waals surface area contributed by atoms with E-state index in [4.69, 9.17) is 9.26 Å². The van der Waals surface area contributed by atoms with E-state index in [1.165, 1.54) is 12.5 Å². The van der Waals surface area contributed by atoms with Crippen LogP contribution in [0.3, 0.4) is 0 Å². The molecule has 8 heteroatoms. The highest BCUT2D eigenvalue weighted by atomic mass is 19.4. The monoisotopic (exact) mass is 390 g/mol. The average Bonchev–Trinajstić information content (AvgIpc) is 3.14. The summed E-state index contributed by atoms with van der Waals surface area (Å²) in [5.74, 6) is -0.468. The van der Waals surface area contributed by atoms with Gasteiger partial charge in [0.1, 0.15) is 11.4 Å². The van der Waals surface area contributed by atoms with Crippen LogP contribution in [-0.4, -0.2) is 16.1 Å². The summed E-state index contributed by atoms with van der Waals surface area (Å²) in [5.41, 5.74) is 1.50. The van der Waals surface area contributed by atoms with Crippen LogP contribution in [-0.2, 0) is 23.9 Å². The molecule has 0 bridgehead atoms. The van der Waals surface area contributed by atoms with Crippen molar-refractivity contribution in [1.82, 2.24) is 10.1 Å². The van der Waals surface area contributed by atoms with Crippen LogP contribution in [0.1, 0.15) is 40.0 Å². The number of benzene rings is 1. The molecule has 3 rings (SSSR count). The lowest BCUT2D eigenvalue weighted by molar-refractivity contribution is -0.141. The summed E-state index contributed by atoms with van der Waals surface area (Å²) >= 11 is 0. The van der Waals surface area contributed by atoms with Crippen molar-refractivity contribution in [2.24, 2.45) is 0 Å². The van der Waals surface area contributed by atoms with E-state index >= 15 is 0 Å². The van der Waals surface area contributed by atoms with E-state index in [1.807, 2.05) is 24.3 Å². The Morgan fingerprint density at radius 1 is 1.14 bits per heavy atom. The summed E-state index contributed by atoms with van der Waals surface area (Å²) in [7, 11) is 0. The third kappa shape index (κ3) is 4.39. The largest absolute Gasteiger partial charge is 0.454 e. The molecule has 3 aromatic rings. The van der Waals surface area contributed by atoms with E-state index < -0.39 is 17.8 Å². The van der Waals surface area contributed by atoms with Crippen molar-refractivity contribution in [2.45, 2.75) is 33.1 Å². The van der Waals surface area contributed by atoms with Gasteiger partial charge in [-0.2, -0.15) is 13.2 Å². The molecule has 1 aromatic carbocycles. The Labute approximate surface area is 159 Å². The van der Waals surface area contributed by atoms with Crippen LogP contribution in [0.4, 0.5) is 13.2 Å². The Balaban J connectivity index is 1.66. The number of halogens is 3. The predicted molar refractivity (Wildman–Crippen MR) is 94.4 cm³/mol. The second-order valence-corrected chi connectivity index (χ2v) is 6.13. The maximum absolute atomic E-state index is 12.7. The molecular weight excluding hydrogens is 373 g/mol. The maximum atomic E-state index is 12.7. The quantitative estimate of drug-likeness (QED) is 0.575. The minimum Gasteiger partial charge on any atom is -0.454 e. The molecular formula is C20H17F3N2O3. The summed E-state index contributed by atoms with van der Waals surface area (Å²) in [6.07, 6.45) is -3.64. The minimum absolute atomic E-state index is 0.0390. The standard InChI is InChI=1S/C20H17F3N2O3/c1-3-13-4-6-14(7-5-13)17-10-15(28-25-17)11-27-19(26)16-8-9-18(20(21,22)23)24-12(16)2/h4-10H,3,11H2,1-2H3. The molecule has 2 aromatic heterocycles. The van der Waals surface area contributed by atoms with Crippen molar-refractivity contribution in [1.29, 1.82) is 0 Å². The fourth-order valence-corrected chi connectivity index (χ4v) is 2.58. The summed E-state index contributed by atoms with van der Waals surface area (Å²) in [4.78, 5) is 15.6. The van der Waals surface area contributed by atoms with E-state index in [0.29, 0.717) is 11.5 Å². The van der Waals surface area contributed by atoms with E-state index in [0.717, 1.165) is 24.1 Å². The van der Waals surface area contributed by atoms with Gasteiger partial charge < -0.3 is 9.26 Å². The van der Waals surface area contributed by atoms with Crippen LogP contribution in [0.15, 0.2) is 47.0 Å². The van der Waals surface area contributed by atoms with Crippen LogP contribution >= 0.6 is 0 Å². The molecule has 5 nitrogen and oxygen atoms in total. The first-order chi connectivity index (χ1) is 13.3. The molecule has 0 atom stereocenters. The van der Waals surface area contributed by atoms with Crippen LogP contribution in [0.2, 0.25) is 0 Å². The third-order valence-electron chi connectivity index (χ3n) is 4.16. The normalized spacial score (nSPS) is 11.5. The summed E-state index contributed by atoms with van der Waals surface area (Å²) in [6.45, 7) is 3.18. The number of carbonyl (C=O) groups excluding carboxylic acids is 1. The predicted octanol–water partition coefficient (Wildman–Crippen LogP) is 4.98. The number of pyridine rings is 1. The number of carbonyl (C=O) groups is 1. The number of alkyl halides is 3. The molecule has 28 heavy (non-hydrogen) atoms. The van der Waals surface area contributed by atoms with Gasteiger partial charge in [0.25, 0.3) is 0 Å². The zero-order chi connectivity index (χ0) is 20.3. The van der Waals surface area contributed by atoms with Gasteiger partial charge in [0.15, 0.2) is 12.4 Å². The molecule has 0 N–H and O–H groups in total. The molecule has 146 valence electrons. The Bertz CT molecular complexity index is 979. The first kappa shape index (κ1) is 19.6. The molecule has 0 unspecified atom stereocenters. The number of nitrogens with zero attached hydrogens (tertiary/aromatic N) is 2. The molecule has 0 amide bonds. The van der Waals surface area contributed by atoms with E-state index in [1.54, 1.807) is 6.07 Å². The first-order valence-electron chi connectivity index (χ1n) is 8.55. The molecule has 0 aliphatic rings. The number of esters is 1. The molecule has 2 heterocycles. The number of aryl methyl sites for hydroxylation is 2. The lowest BCUT2D eigenvalue weighted by Gasteiger charge is -2.09. The highest BCUT2D eigenvalue weighted by Gasteiger charge is 2.33. The number of rotatable bonds is 5. The summed E-state index contributed by atoms with van der Waals surface area (Å²) in [6, 6.07) is 11.3. The topological polar surface area (TPSA) is 65.2 Å². The van der Waals surface area contributed by atoms with Crippen LogP contribution in [0.25, 0.3) is 11.3 Å². The highest BCUT2D eigenvalue weighted by Crippen LogP contribution is 2.28. The lowest BCUT2D eigenvalue weighted by atomic mass is 10.1. The Hall–Kier alpha value is -3.16. The summed E-state index contributed by atoms with van der Waals surface area (Å²) < 4.78 is 48.2. The zero-order valence-corrected chi connectivity index (χ0v) is 15.2. The van der Waals surface area contributed by atoms with Crippen molar-refractivity contribution >= 4 is 5.97 Å². The van der Waals surface area contributed by atoms with Crippen LogP contribution in [0, 0.1) is 6.92 Å². The Kier molecular flexibility index (Phi) is 5.48. The van der Waals surface area contributed by atoms with Crippen molar-refractivity contribution in [3.05, 3.63) is 70.7 Å². The Morgan fingerprint density at radius 3 is 2.46 bits per heavy atom. The smallest absolute Gasteiger partial charge is 0.433 e. The first-order valence-corrected chi connectivity index (χ1v) is 8.55. The van der Waals surface area contributed by atoms with E-state index in [9.17, 15) is 18.0 Å². The van der Waals surface area contributed by atoms with Gasteiger partial charge >= 0.3 is 12.1 Å². The SMILES string of the molecule is CCc1ccc(-c2cc(COC(=O)c3ccc(C(F)(F)F)nc3C)on2)cc1. The second-order valence-electron chi connectivity index (χ2n) is 6.13. The zero-order valence-electron chi connectivity index (χ0n) is 15.2. The molecule has 0 saturated heterocycles. The van der Waals surface area contributed by atoms with Gasteiger partial charge in [-0.25, -0.2) is 9.78 Å². The fraction of sp³-hybridized carbons (Fsp3) is 0.250. The van der Waals surface area contributed by atoms with Crippen molar-refractivity contribution in [3.63, 3.8) is 0 Å². The number of aromatic nitrogens is 2. The van der Waals surface area contributed by atoms with E-state index in [2.05, 4.69) is 17.1 Å². The van der Waals surface area contributed by atoms with Crippen molar-refractivity contribution < 1.29 is 27.2 Å². The van der Waals surface area contributed by atoms with Gasteiger partial charge in [0, 0.05) is 11.6 Å². The number of hydrogen-bond donors (Lipinski definition) is 0. The molecule has 0 aliphatic carbocycles. The summed E-state index contributed by atoms with van der Waals surface area (Å²) in [5, 5.41) is 3.95. The highest BCUT2D eigenvalue weighted by molar-refractivity contribution is 5.90. The minimum atomic E-state index is -4.57. The number of ether oxygens (including phenoxy) is 1. The average molecular weight is 390 g/mol.